The summed E-state index contributed by atoms with van der Waals surface area (Å²) in [5.41, 5.74) is 0. The Balaban J connectivity index is 2.91. The molecule has 19 heavy (non-hydrogen) atoms. The zero-order valence-corrected chi connectivity index (χ0v) is 12.0. The summed E-state index contributed by atoms with van der Waals surface area (Å²) in [6, 6.07) is -0.0233. The largest absolute Gasteiger partial charge is 0.480 e. The van der Waals surface area contributed by atoms with Crippen molar-refractivity contribution in [3.05, 3.63) is 16.3 Å². The second kappa shape index (κ2) is 6.13. The molecule has 1 heterocycles. The quantitative estimate of drug-likeness (QED) is 0.697. The molecule has 3 N–H and O–H groups in total. The van der Waals surface area contributed by atoms with E-state index in [0.717, 1.165) is 11.3 Å². The number of nitrogens with one attached hydrogen (secondary N) is 2. The molecule has 1 atom stereocenters. The number of aliphatic carboxylic acids is 1. The van der Waals surface area contributed by atoms with Gasteiger partial charge in [-0.05, 0) is 19.9 Å². The summed E-state index contributed by atoms with van der Waals surface area (Å²) in [4.78, 5) is 22.3. The summed E-state index contributed by atoms with van der Waals surface area (Å²) in [6.45, 7) is 3.41. The lowest BCUT2D eigenvalue weighted by Gasteiger charge is -2.08. The van der Waals surface area contributed by atoms with Gasteiger partial charge in [0.2, 0.25) is 10.0 Å². The minimum Gasteiger partial charge on any atom is -0.480 e. The fraction of sp³-hybridized carbons (Fsp3) is 0.400. The molecule has 0 radical (unpaired) electrons. The molecule has 0 aliphatic rings. The van der Waals surface area contributed by atoms with Gasteiger partial charge in [0.1, 0.15) is 6.04 Å². The van der Waals surface area contributed by atoms with E-state index >= 15 is 0 Å². The Labute approximate surface area is 114 Å². The Kier molecular flexibility index (Phi) is 5.04. The molecule has 0 bridgehead atoms. The van der Waals surface area contributed by atoms with Crippen LogP contribution in [0.1, 0.15) is 23.5 Å². The third-order valence-electron chi connectivity index (χ3n) is 2.15. The van der Waals surface area contributed by atoms with Crippen LogP contribution in [-0.4, -0.2) is 38.0 Å². The van der Waals surface area contributed by atoms with Crippen molar-refractivity contribution in [2.24, 2.45) is 0 Å². The molecule has 0 aliphatic heterocycles. The molecule has 1 aromatic rings. The average molecular weight is 306 g/mol. The first-order valence-corrected chi connectivity index (χ1v) is 7.76. The highest BCUT2D eigenvalue weighted by Crippen LogP contribution is 2.19. The average Bonchev–Trinajstić information content (AvgIpc) is 2.78. The predicted molar refractivity (Wildman–Crippen MR) is 69.7 cm³/mol. The summed E-state index contributed by atoms with van der Waals surface area (Å²) < 4.78 is 25.7. The van der Waals surface area contributed by atoms with Crippen molar-refractivity contribution < 1.29 is 23.1 Å². The smallest absolute Gasteiger partial charge is 0.321 e. The van der Waals surface area contributed by atoms with Crippen molar-refractivity contribution in [2.75, 3.05) is 6.54 Å². The molecule has 0 fully saturated rings. The van der Waals surface area contributed by atoms with Gasteiger partial charge >= 0.3 is 5.97 Å². The monoisotopic (exact) mass is 306 g/mol. The number of carbonyl (C=O) groups is 2. The van der Waals surface area contributed by atoms with Crippen LogP contribution in [0.4, 0.5) is 0 Å². The first kappa shape index (κ1) is 15.6. The Morgan fingerprint density at radius 2 is 2.11 bits per heavy atom. The van der Waals surface area contributed by atoms with E-state index in [-0.39, 0.29) is 15.7 Å². The van der Waals surface area contributed by atoms with Gasteiger partial charge in [0.25, 0.3) is 5.91 Å². The van der Waals surface area contributed by atoms with Gasteiger partial charge in [-0.1, -0.05) is 0 Å². The van der Waals surface area contributed by atoms with E-state index in [2.05, 4.69) is 5.32 Å². The maximum Gasteiger partial charge on any atom is 0.321 e. The molecule has 0 unspecified atom stereocenters. The van der Waals surface area contributed by atoms with Crippen molar-refractivity contribution in [1.82, 2.24) is 10.0 Å². The van der Waals surface area contributed by atoms with Crippen molar-refractivity contribution in [2.45, 2.75) is 24.8 Å². The van der Waals surface area contributed by atoms with Crippen molar-refractivity contribution >= 4 is 33.2 Å². The maximum atomic E-state index is 11.8. The van der Waals surface area contributed by atoms with Gasteiger partial charge in [0.05, 0.1) is 9.77 Å². The summed E-state index contributed by atoms with van der Waals surface area (Å²) in [5.74, 6) is -1.64. The summed E-state index contributed by atoms with van der Waals surface area (Å²) in [6.07, 6.45) is 0. The minimum atomic E-state index is -3.93. The Morgan fingerprint density at radius 3 is 2.63 bits per heavy atom. The third-order valence-corrected chi connectivity index (χ3v) is 4.75. The molecule has 1 amide bonds. The van der Waals surface area contributed by atoms with E-state index in [1.165, 1.54) is 18.4 Å². The molecule has 0 saturated carbocycles. The van der Waals surface area contributed by atoms with E-state index in [9.17, 15) is 18.0 Å². The van der Waals surface area contributed by atoms with Gasteiger partial charge in [-0.25, -0.2) is 8.42 Å². The molecule has 106 valence electrons. The Bertz CT molecular complexity index is 578. The zero-order valence-electron chi connectivity index (χ0n) is 10.3. The lowest BCUT2D eigenvalue weighted by Crippen LogP contribution is -2.38. The highest BCUT2D eigenvalue weighted by molar-refractivity contribution is 7.89. The SMILES string of the molecule is CCNC(=O)c1cc(S(=O)(=O)N[C@@H](C)C(=O)O)cs1. The number of carboxylic acid groups (broad SMARTS) is 1. The number of sulfonamides is 1. The van der Waals surface area contributed by atoms with Crippen LogP contribution in [0, 0.1) is 0 Å². The second-order valence-corrected chi connectivity index (χ2v) is 6.31. The van der Waals surface area contributed by atoms with Crippen molar-refractivity contribution in [3.63, 3.8) is 0 Å². The van der Waals surface area contributed by atoms with Crippen LogP contribution in [0.5, 0.6) is 0 Å². The maximum absolute atomic E-state index is 11.8. The van der Waals surface area contributed by atoms with Gasteiger partial charge in [0, 0.05) is 11.9 Å². The van der Waals surface area contributed by atoms with E-state index in [0.29, 0.717) is 6.54 Å². The predicted octanol–water partition coefficient (Wildman–Crippen LogP) is 0.249. The first-order chi connectivity index (χ1) is 8.77. The van der Waals surface area contributed by atoms with Gasteiger partial charge in [-0.2, -0.15) is 4.72 Å². The van der Waals surface area contributed by atoms with E-state index in [1.54, 1.807) is 6.92 Å². The molecule has 7 nitrogen and oxygen atoms in total. The van der Waals surface area contributed by atoms with Crippen LogP contribution in [0.25, 0.3) is 0 Å². The lowest BCUT2D eigenvalue weighted by molar-refractivity contribution is -0.138. The molecule has 9 heteroatoms. The number of rotatable bonds is 6. The zero-order chi connectivity index (χ0) is 14.6. The number of hydrogen-bond acceptors (Lipinski definition) is 5. The van der Waals surface area contributed by atoms with Crippen LogP contribution in [-0.2, 0) is 14.8 Å². The number of carboxylic acids is 1. The molecule has 0 spiro atoms. The third kappa shape index (κ3) is 4.01. The van der Waals surface area contributed by atoms with Gasteiger partial charge in [-0.3, -0.25) is 9.59 Å². The Hall–Kier alpha value is -1.45. The van der Waals surface area contributed by atoms with Gasteiger partial charge < -0.3 is 10.4 Å². The van der Waals surface area contributed by atoms with Gasteiger partial charge in [-0.15, -0.1) is 11.3 Å². The topological polar surface area (TPSA) is 113 Å². The molecule has 1 rings (SSSR count). The second-order valence-electron chi connectivity index (χ2n) is 3.69. The normalized spacial score (nSPS) is 12.9. The molecule has 0 aliphatic carbocycles. The van der Waals surface area contributed by atoms with Crippen molar-refractivity contribution in [3.8, 4) is 0 Å². The fourth-order valence-corrected chi connectivity index (χ4v) is 3.56. The number of hydrogen-bond donors (Lipinski definition) is 3. The standard InChI is InChI=1S/C10H14N2O5S2/c1-3-11-9(13)8-4-7(5-18-8)19(16,17)12-6(2)10(14)15/h4-6,12H,3H2,1-2H3,(H,11,13)(H,14,15)/t6-/m0/s1. The number of thiophene rings is 1. The van der Waals surface area contributed by atoms with Crippen LogP contribution in [0.3, 0.4) is 0 Å². The van der Waals surface area contributed by atoms with E-state index < -0.39 is 22.0 Å². The highest BCUT2D eigenvalue weighted by Gasteiger charge is 2.23. The molecular weight excluding hydrogens is 292 g/mol. The Morgan fingerprint density at radius 1 is 1.47 bits per heavy atom. The molecule has 0 saturated heterocycles. The summed E-state index contributed by atoms with van der Waals surface area (Å²) >= 11 is 0.981. The lowest BCUT2D eigenvalue weighted by atomic mass is 10.4. The summed E-state index contributed by atoms with van der Waals surface area (Å²) in [7, 11) is -3.93. The van der Waals surface area contributed by atoms with Crippen LogP contribution in [0.15, 0.2) is 16.3 Å². The fourth-order valence-electron chi connectivity index (χ4n) is 1.18. The van der Waals surface area contributed by atoms with Crippen molar-refractivity contribution in [1.29, 1.82) is 0 Å². The summed E-state index contributed by atoms with van der Waals surface area (Å²) in [5, 5.41) is 12.5. The first-order valence-electron chi connectivity index (χ1n) is 5.39. The van der Waals surface area contributed by atoms with Gasteiger partial charge in [0.15, 0.2) is 0 Å². The number of amides is 1. The number of carbonyl (C=O) groups excluding carboxylic acids is 1. The van der Waals surface area contributed by atoms with E-state index in [4.69, 9.17) is 5.11 Å². The molecule has 1 aromatic heterocycles. The van der Waals surface area contributed by atoms with Crippen LogP contribution >= 0.6 is 11.3 Å². The van der Waals surface area contributed by atoms with Crippen LogP contribution in [0.2, 0.25) is 0 Å². The molecule has 0 aromatic carbocycles. The highest BCUT2D eigenvalue weighted by atomic mass is 32.2. The van der Waals surface area contributed by atoms with Crippen LogP contribution < -0.4 is 10.0 Å². The molecular formula is C10H14N2O5S2. The minimum absolute atomic E-state index is 0.119. The van der Waals surface area contributed by atoms with E-state index in [1.807, 2.05) is 4.72 Å².